The number of rotatable bonds is 6. The number of aliphatic carboxylic acids is 1. The molecule has 0 saturated heterocycles. The van der Waals surface area contributed by atoms with Crippen LogP contribution in [0.5, 0.6) is 5.75 Å². The average Bonchev–Trinajstić information content (AvgIpc) is 2.49. The van der Waals surface area contributed by atoms with E-state index in [9.17, 15) is 19.8 Å². The van der Waals surface area contributed by atoms with Crippen LogP contribution in [-0.4, -0.2) is 28.6 Å². The van der Waals surface area contributed by atoms with Crippen molar-refractivity contribution in [3.05, 3.63) is 60.2 Å². The number of carbonyl (C=O) groups is 2. The number of anilines is 1. The highest BCUT2D eigenvalue weighted by Gasteiger charge is 2.26. The minimum atomic E-state index is -1.08. The second kappa shape index (κ2) is 6.56. The quantitative estimate of drug-likeness (QED) is 0.796. The molecule has 0 aliphatic rings. The van der Waals surface area contributed by atoms with E-state index in [0.717, 1.165) is 10.5 Å². The SMILES string of the molecule is O=CN(c1ccc(O)cc1)C(Cc1ccccc1)C(=O)O. The first kappa shape index (κ1) is 14.6. The third kappa shape index (κ3) is 3.60. The third-order valence-corrected chi connectivity index (χ3v) is 3.15. The molecule has 2 rings (SSSR count). The number of hydrogen-bond donors (Lipinski definition) is 2. The molecule has 1 amide bonds. The summed E-state index contributed by atoms with van der Waals surface area (Å²) >= 11 is 0. The molecule has 0 fully saturated rings. The van der Waals surface area contributed by atoms with Crippen LogP contribution in [0.4, 0.5) is 5.69 Å². The van der Waals surface area contributed by atoms with Gasteiger partial charge in [-0.3, -0.25) is 4.79 Å². The average molecular weight is 285 g/mol. The number of phenolic OH excluding ortho intramolecular Hbond substituents is 1. The molecule has 0 spiro atoms. The van der Waals surface area contributed by atoms with Gasteiger partial charge in [0.25, 0.3) is 0 Å². The van der Waals surface area contributed by atoms with Crippen LogP contribution in [-0.2, 0) is 16.0 Å². The van der Waals surface area contributed by atoms with Crippen molar-refractivity contribution in [1.29, 1.82) is 0 Å². The van der Waals surface area contributed by atoms with E-state index in [1.807, 2.05) is 30.3 Å². The van der Waals surface area contributed by atoms with Gasteiger partial charge in [0.05, 0.1) is 0 Å². The van der Waals surface area contributed by atoms with Crippen LogP contribution in [0.1, 0.15) is 5.56 Å². The summed E-state index contributed by atoms with van der Waals surface area (Å²) in [5.41, 5.74) is 1.25. The van der Waals surface area contributed by atoms with Crippen LogP contribution >= 0.6 is 0 Å². The van der Waals surface area contributed by atoms with E-state index in [1.54, 1.807) is 0 Å². The lowest BCUT2D eigenvalue weighted by molar-refractivity contribution is -0.139. The minimum Gasteiger partial charge on any atom is -0.508 e. The molecule has 0 bridgehead atoms. The Bertz CT molecular complexity index is 610. The van der Waals surface area contributed by atoms with Gasteiger partial charge in [-0.2, -0.15) is 0 Å². The Labute approximate surface area is 122 Å². The lowest BCUT2D eigenvalue weighted by atomic mass is 10.0. The summed E-state index contributed by atoms with van der Waals surface area (Å²) in [6.07, 6.45) is 0.698. The van der Waals surface area contributed by atoms with E-state index >= 15 is 0 Å². The molecule has 2 aromatic carbocycles. The molecule has 1 atom stereocenters. The Balaban J connectivity index is 2.28. The van der Waals surface area contributed by atoms with Gasteiger partial charge in [-0.1, -0.05) is 30.3 Å². The van der Waals surface area contributed by atoms with E-state index in [-0.39, 0.29) is 12.2 Å². The number of benzene rings is 2. The summed E-state index contributed by atoms with van der Waals surface area (Å²) in [6.45, 7) is 0. The zero-order valence-electron chi connectivity index (χ0n) is 11.2. The summed E-state index contributed by atoms with van der Waals surface area (Å²) in [6, 6.07) is 13.9. The predicted molar refractivity (Wildman–Crippen MR) is 78.2 cm³/mol. The summed E-state index contributed by atoms with van der Waals surface area (Å²) in [7, 11) is 0. The molecule has 21 heavy (non-hydrogen) atoms. The van der Waals surface area contributed by atoms with Gasteiger partial charge in [-0.25, -0.2) is 4.79 Å². The van der Waals surface area contributed by atoms with Crippen molar-refractivity contribution in [1.82, 2.24) is 0 Å². The van der Waals surface area contributed by atoms with Gasteiger partial charge in [-0.15, -0.1) is 0 Å². The first-order valence-corrected chi connectivity index (χ1v) is 6.41. The Hall–Kier alpha value is -2.82. The molecule has 0 aliphatic heterocycles. The number of carbonyl (C=O) groups excluding carboxylic acids is 1. The maximum Gasteiger partial charge on any atom is 0.327 e. The normalized spacial score (nSPS) is 11.6. The van der Waals surface area contributed by atoms with Gasteiger partial charge in [0.1, 0.15) is 11.8 Å². The monoisotopic (exact) mass is 285 g/mol. The smallest absolute Gasteiger partial charge is 0.327 e. The maximum atomic E-state index is 11.5. The van der Waals surface area contributed by atoms with Gasteiger partial charge in [0.2, 0.25) is 6.41 Å². The standard InChI is InChI=1S/C16H15NO4/c18-11-17(13-6-8-14(19)9-7-13)15(16(20)21)10-12-4-2-1-3-5-12/h1-9,11,15,19H,10H2,(H,20,21). The van der Waals surface area contributed by atoms with Gasteiger partial charge in [-0.05, 0) is 29.8 Å². The Morgan fingerprint density at radius 2 is 1.71 bits per heavy atom. The van der Waals surface area contributed by atoms with Gasteiger partial charge < -0.3 is 15.1 Å². The topological polar surface area (TPSA) is 77.8 Å². The zero-order chi connectivity index (χ0) is 15.2. The van der Waals surface area contributed by atoms with Crippen LogP contribution in [0, 0.1) is 0 Å². The van der Waals surface area contributed by atoms with E-state index in [1.165, 1.54) is 24.3 Å². The minimum absolute atomic E-state index is 0.0551. The molecule has 5 nitrogen and oxygen atoms in total. The Kier molecular flexibility index (Phi) is 4.56. The first-order valence-electron chi connectivity index (χ1n) is 6.41. The number of phenols is 1. The fourth-order valence-corrected chi connectivity index (χ4v) is 2.08. The zero-order valence-corrected chi connectivity index (χ0v) is 11.2. The number of nitrogens with zero attached hydrogens (tertiary/aromatic N) is 1. The molecule has 1 unspecified atom stereocenters. The summed E-state index contributed by atoms with van der Waals surface area (Å²) in [5.74, 6) is -1.03. The van der Waals surface area contributed by atoms with Crippen molar-refractivity contribution < 1.29 is 19.8 Å². The molecular formula is C16H15NO4. The predicted octanol–water partition coefficient (Wildman–Crippen LogP) is 2.05. The highest BCUT2D eigenvalue weighted by Crippen LogP contribution is 2.21. The van der Waals surface area contributed by atoms with Crippen molar-refractivity contribution in [3.63, 3.8) is 0 Å². The molecule has 0 heterocycles. The van der Waals surface area contributed by atoms with Crippen LogP contribution in [0.25, 0.3) is 0 Å². The van der Waals surface area contributed by atoms with Crippen molar-refractivity contribution in [2.75, 3.05) is 4.90 Å². The van der Waals surface area contributed by atoms with Gasteiger partial charge >= 0.3 is 5.97 Å². The number of amides is 1. The molecule has 2 aromatic rings. The lowest BCUT2D eigenvalue weighted by Crippen LogP contribution is -2.42. The molecule has 0 aromatic heterocycles. The second-order valence-corrected chi connectivity index (χ2v) is 4.57. The summed E-state index contributed by atoms with van der Waals surface area (Å²) in [5, 5.41) is 18.7. The largest absolute Gasteiger partial charge is 0.508 e. The van der Waals surface area contributed by atoms with E-state index < -0.39 is 12.0 Å². The van der Waals surface area contributed by atoms with Crippen LogP contribution in [0.15, 0.2) is 54.6 Å². The molecular weight excluding hydrogens is 270 g/mol. The number of aromatic hydroxyl groups is 1. The fourth-order valence-electron chi connectivity index (χ4n) is 2.08. The van der Waals surface area contributed by atoms with Gasteiger partial charge in [0, 0.05) is 12.1 Å². The lowest BCUT2D eigenvalue weighted by Gasteiger charge is -2.25. The van der Waals surface area contributed by atoms with E-state index in [4.69, 9.17) is 0 Å². The summed E-state index contributed by atoms with van der Waals surface area (Å²) < 4.78 is 0. The molecule has 0 radical (unpaired) electrons. The maximum absolute atomic E-state index is 11.5. The van der Waals surface area contributed by atoms with Crippen LogP contribution in [0.2, 0.25) is 0 Å². The third-order valence-electron chi connectivity index (χ3n) is 3.15. The fraction of sp³-hybridized carbons (Fsp3) is 0.125. The Morgan fingerprint density at radius 1 is 1.10 bits per heavy atom. The van der Waals surface area contributed by atoms with Crippen LogP contribution < -0.4 is 4.90 Å². The highest BCUT2D eigenvalue weighted by molar-refractivity contribution is 5.88. The van der Waals surface area contributed by atoms with Crippen molar-refractivity contribution in [2.24, 2.45) is 0 Å². The van der Waals surface area contributed by atoms with Crippen molar-refractivity contribution in [2.45, 2.75) is 12.5 Å². The molecule has 2 N–H and O–H groups in total. The van der Waals surface area contributed by atoms with Gasteiger partial charge in [0.15, 0.2) is 0 Å². The van der Waals surface area contributed by atoms with E-state index in [0.29, 0.717) is 12.1 Å². The highest BCUT2D eigenvalue weighted by atomic mass is 16.4. The Morgan fingerprint density at radius 3 is 2.24 bits per heavy atom. The van der Waals surface area contributed by atoms with Crippen LogP contribution in [0.3, 0.4) is 0 Å². The van der Waals surface area contributed by atoms with Crippen molar-refractivity contribution >= 4 is 18.1 Å². The number of carboxylic acid groups (broad SMARTS) is 1. The summed E-state index contributed by atoms with van der Waals surface area (Å²) in [4.78, 5) is 24.0. The van der Waals surface area contributed by atoms with E-state index in [2.05, 4.69) is 0 Å². The van der Waals surface area contributed by atoms with Crippen molar-refractivity contribution in [3.8, 4) is 5.75 Å². The first-order chi connectivity index (χ1) is 10.1. The number of hydrogen-bond acceptors (Lipinski definition) is 3. The molecule has 108 valence electrons. The molecule has 5 heteroatoms. The second-order valence-electron chi connectivity index (χ2n) is 4.57. The molecule has 0 saturated carbocycles. The molecule has 0 aliphatic carbocycles. The number of carboxylic acids is 1.